The first-order valence-electron chi connectivity index (χ1n) is 12.1. The number of amides is 1. The highest BCUT2D eigenvalue weighted by Crippen LogP contribution is 2.51. The van der Waals surface area contributed by atoms with Gasteiger partial charge in [0, 0.05) is 29.6 Å². The second-order valence-corrected chi connectivity index (χ2v) is 10.6. The highest BCUT2D eigenvalue weighted by molar-refractivity contribution is 8.19. The fourth-order valence-electron chi connectivity index (χ4n) is 4.25. The van der Waals surface area contributed by atoms with Crippen molar-refractivity contribution in [2.75, 3.05) is 25.1 Å². The molecule has 1 amide bonds. The number of hydrogen-bond donors (Lipinski definition) is 0. The van der Waals surface area contributed by atoms with Crippen molar-refractivity contribution in [3.8, 4) is 5.75 Å². The van der Waals surface area contributed by atoms with E-state index in [4.69, 9.17) is 9.73 Å². The average molecular weight is 530 g/mol. The van der Waals surface area contributed by atoms with E-state index < -0.39 is 0 Å². The van der Waals surface area contributed by atoms with E-state index in [9.17, 15) is 9.59 Å². The second kappa shape index (κ2) is 10.9. The standard InChI is InChI=1S/C29H27N3O3S2/c1-4-31-24-18-23(35-3)14-15-25(24)36-28(31)26-27(34)32(17-16-20-8-6-5-7-9-20)29(37-26)30-22-12-10-21(11-13-22)19(2)33/h5-15,18H,4,16-17H2,1-3H3. The van der Waals surface area contributed by atoms with Crippen molar-refractivity contribution in [3.05, 3.63) is 93.9 Å². The first-order valence-corrected chi connectivity index (χ1v) is 13.7. The molecule has 0 N–H and O–H groups in total. The molecule has 8 heteroatoms. The maximum absolute atomic E-state index is 13.9. The largest absolute Gasteiger partial charge is 0.497 e. The van der Waals surface area contributed by atoms with Crippen LogP contribution in [0.15, 0.2) is 92.6 Å². The van der Waals surface area contributed by atoms with Gasteiger partial charge in [0.1, 0.15) is 15.7 Å². The second-order valence-electron chi connectivity index (χ2n) is 8.61. The molecule has 0 aromatic heterocycles. The maximum Gasteiger partial charge on any atom is 0.269 e. The zero-order valence-electron chi connectivity index (χ0n) is 20.9. The zero-order chi connectivity index (χ0) is 25.9. The highest BCUT2D eigenvalue weighted by atomic mass is 32.2. The lowest BCUT2D eigenvalue weighted by atomic mass is 10.1. The number of anilines is 1. The van der Waals surface area contributed by atoms with Gasteiger partial charge in [-0.05, 0) is 74.0 Å². The lowest BCUT2D eigenvalue weighted by Gasteiger charge is -2.19. The highest BCUT2D eigenvalue weighted by Gasteiger charge is 2.39. The van der Waals surface area contributed by atoms with Gasteiger partial charge in [0.25, 0.3) is 5.91 Å². The molecule has 6 nitrogen and oxygen atoms in total. The number of ether oxygens (including phenoxy) is 1. The Labute approximate surface area is 225 Å². The van der Waals surface area contributed by atoms with Crippen molar-refractivity contribution in [1.29, 1.82) is 0 Å². The van der Waals surface area contributed by atoms with E-state index in [1.165, 1.54) is 11.8 Å². The topological polar surface area (TPSA) is 62.2 Å². The molecule has 2 aliphatic rings. The molecule has 0 saturated carbocycles. The number of amidine groups is 1. The minimum Gasteiger partial charge on any atom is -0.497 e. The van der Waals surface area contributed by atoms with Gasteiger partial charge in [-0.3, -0.25) is 14.5 Å². The monoisotopic (exact) mass is 529 g/mol. The Morgan fingerprint density at radius 3 is 2.41 bits per heavy atom. The van der Waals surface area contributed by atoms with Gasteiger partial charge in [-0.2, -0.15) is 0 Å². The number of carbonyl (C=O) groups is 2. The minimum atomic E-state index is -0.0410. The van der Waals surface area contributed by atoms with Crippen molar-refractivity contribution in [2.24, 2.45) is 4.99 Å². The van der Waals surface area contributed by atoms with Crippen molar-refractivity contribution >= 4 is 51.8 Å². The van der Waals surface area contributed by atoms with E-state index >= 15 is 0 Å². The first-order chi connectivity index (χ1) is 18.0. The average Bonchev–Trinajstić information content (AvgIpc) is 3.44. The summed E-state index contributed by atoms with van der Waals surface area (Å²) in [5.41, 5.74) is 3.55. The summed E-state index contributed by atoms with van der Waals surface area (Å²) in [6.07, 6.45) is 0.722. The molecule has 37 heavy (non-hydrogen) atoms. The molecule has 0 spiro atoms. The van der Waals surface area contributed by atoms with E-state index in [1.807, 2.05) is 48.5 Å². The number of Topliss-reactive ketones (excluding diaryl/α,β-unsaturated/α-hetero) is 1. The first kappa shape index (κ1) is 25.2. The molecule has 188 valence electrons. The summed E-state index contributed by atoms with van der Waals surface area (Å²) in [5.74, 6) is 0.756. The summed E-state index contributed by atoms with van der Waals surface area (Å²) < 4.78 is 5.44. The minimum absolute atomic E-state index is 0.00948. The predicted molar refractivity (Wildman–Crippen MR) is 152 cm³/mol. The lowest BCUT2D eigenvalue weighted by Crippen LogP contribution is -2.32. The molecule has 3 aromatic carbocycles. The van der Waals surface area contributed by atoms with Crippen LogP contribution >= 0.6 is 23.5 Å². The number of methoxy groups -OCH3 is 1. The normalized spacial score (nSPS) is 18.0. The smallest absolute Gasteiger partial charge is 0.269 e. The fraction of sp³-hybridized carbons (Fsp3) is 0.207. The third-order valence-corrected chi connectivity index (χ3v) is 8.63. The molecule has 1 fully saturated rings. The number of fused-ring (bicyclic) bond motifs is 1. The van der Waals surface area contributed by atoms with Crippen molar-refractivity contribution in [1.82, 2.24) is 4.90 Å². The van der Waals surface area contributed by atoms with Crippen LogP contribution < -0.4 is 9.64 Å². The van der Waals surface area contributed by atoms with Gasteiger partial charge in [0.15, 0.2) is 11.0 Å². The van der Waals surface area contributed by atoms with Crippen molar-refractivity contribution in [3.63, 3.8) is 0 Å². The molecule has 0 aliphatic carbocycles. The molecule has 0 radical (unpaired) electrons. The quantitative estimate of drug-likeness (QED) is 0.257. The number of ketones is 1. The van der Waals surface area contributed by atoms with Crippen LogP contribution in [0, 0.1) is 0 Å². The molecule has 3 aromatic rings. The number of thioether (sulfide) groups is 2. The summed E-state index contributed by atoms with van der Waals surface area (Å²) in [4.78, 5) is 36.1. The Hall–Kier alpha value is -3.49. The summed E-state index contributed by atoms with van der Waals surface area (Å²) >= 11 is 3.02. The number of hydrogen-bond acceptors (Lipinski definition) is 7. The number of aliphatic imine (C=N–C) groups is 1. The Morgan fingerprint density at radius 1 is 0.973 bits per heavy atom. The number of rotatable bonds is 7. The molecular weight excluding hydrogens is 502 g/mol. The molecule has 0 bridgehead atoms. The van der Waals surface area contributed by atoms with Gasteiger partial charge < -0.3 is 9.64 Å². The van der Waals surface area contributed by atoms with E-state index in [0.29, 0.717) is 27.9 Å². The van der Waals surface area contributed by atoms with Crippen LogP contribution in [-0.4, -0.2) is 42.0 Å². The van der Waals surface area contributed by atoms with Gasteiger partial charge >= 0.3 is 0 Å². The number of carbonyl (C=O) groups excluding carboxylic acids is 2. The van der Waals surface area contributed by atoms with Gasteiger partial charge in [-0.15, -0.1) is 0 Å². The van der Waals surface area contributed by atoms with Crippen LogP contribution in [0.4, 0.5) is 11.4 Å². The Balaban J connectivity index is 1.51. The van der Waals surface area contributed by atoms with Gasteiger partial charge in [-0.25, -0.2) is 4.99 Å². The zero-order valence-corrected chi connectivity index (χ0v) is 22.6. The molecule has 2 aliphatic heterocycles. The van der Waals surface area contributed by atoms with Crippen LogP contribution in [-0.2, 0) is 11.2 Å². The fourth-order valence-corrected chi connectivity index (χ4v) is 6.65. The molecule has 0 atom stereocenters. The van der Waals surface area contributed by atoms with Crippen molar-refractivity contribution < 1.29 is 14.3 Å². The van der Waals surface area contributed by atoms with E-state index in [-0.39, 0.29) is 11.7 Å². The van der Waals surface area contributed by atoms with Gasteiger partial charge in [-0.1, -0.05) is 42.1 Å². The van der Waals surface area contributed by atoms with Gasteiger partial charge in [0.05, 0.1) is 18.5 Å². The predicted octanol–water partition coefficient (Wildman–Crippen LogP) is 6.50. The van der Waals surface area contributed by atoms with Crippen molar-refractivity contribution in [2.45, 2.75) is 25.2 Å². The van der Waals surface area contributed by atoms with Crippen LogP contribution in [0.5, 0.6) is 5.75 Å². The SMILES string of the molecule is CCN1C(=C2SC(=Nc3ccc(C(C)=O)cc3)N(CCc3ccccc3)C2=O)Sc2ccc(OC)cc21. The lowest BCUT2D eigenvalue weighted by molar-refractivity contribution is -0.122. The summed E-state index contributed by atoms with van der Waals surface area (Å²) in [6, 6.07) is 23.3. The summed E-state index contributed by atoms with van der Waals surface area (Å²) in [6.45, 7) is 4.87. The molecule has 1 saturated heterocycles. The maximum atomic E-state index is 13.9. The number of benzene rings is 3. The Bertz CT molecular complexity index is 1400. The third-order valence-electron chi connectivity index (χ3n) is 6.25. The van der Waals surface area contributed by atoms with E-state index in [2.05, 4.69) is 24.0 Å². The van der Waals surface area contributed by atoms with Crippen LogP contribution in [0.1, 0.15) is 29.8 Å². The summed E-state index contributed by atoms with van der Waals surface area (Å²) in [5, 5.41) is 1.56. The number of nitrogens with zero attached hydrogens (tertiary/aromatic N) is 3. The Morgan fingerprint density at radius 2 is 1.73 bits per heavy atom. The summed E-state index contributed by atoms with van der Waals surface area (Å²) in [7, 11) is 1.66. The third kappa shape index (κ3) is 5.17. The van der Waals surface area contributed by atoms with E-state index in [0.717, 1.165) is 39.9 Å². The molecular formula is C29H27N3O3S2. The van der Waals surface area contributed by atoms with Gasteiger partial charge in [0.2, 0.25) is 0 Å². The van der Waals surface area contributed by atoms with E-state index in [1.54, 1.807) is 42.8 Å². The molecule has 2 heterocycles. The molecule has 5 rings (SSSR count). The molecule has 0 unspecified atom stereocenters. The van der Waals surface area contributed by atoms with Crippen LogP contribution in [0.2, 0.25) is 0 Å². The Kier molecular flexibility index (Phi) is 7.39. The van der Waals surface area contributed by atoms with Crippen LogP contribution in [0.25, 0.3) is 0 Å². The van der Waals surface area contributed by atoms with Crippen LogP contribution in [0.3, 0.4) is 0 Å².